The van der Waals surface area contributed by atoms with Crippen molar-refractivity contribution in [3.05, 3.63) is 11.7 Å². The lowest BCUT2D eigenvalue weighted by molar-refractivity contribution is 0.255. The highest BCUT2D eigenvalue weighted by atomic mass is 32.2. The van der Waals surface area contributed by atoms with Crippen molar-refractivity contribution in [2.75, 3.05) is 25.1 Å². The molecular formula is C11H18N4OS. The largest absolute Gasteiger partial charge is 0.338 e. The van der Waals surface area contributed by atoms with Crippen molar-refractivity contribution in [1.82, 2.24) is 15.0 Å². The Bertz CT molecular complexity index is 393. The van der Waals surface area contributed by atoms with Crippen molar-refractivity contribution < 1.29 is 4.52 Å². The SMILES string of the molecule is CN1CCSCC1c1noc(C(N)C2CC2)n1. The second-order valence-electron chi connectivity index (χ2n) is 4.93. The monoisotopic (exact) mass is 254 g/mol. The van der Waals surface area contributed by atoms with Crippen LogP contribution < -0.4 is 5.73 Å². The molecule has 17 heavy (non-hydrogen) atoms. The fourth-order valence-corrected chi connectivity index (χ4v) is 3.34. The first kappa shape index (κ1) is 11.5. The molecule has 2 atom stereocenters. The molecule has 1 aliphatic carbocycles. The molecule has 5 nitrogen and oxygen atoms in total. The number of thioether (sulfide) groups is 1. The van der Waals surface area contributed by atoms with Crippen molar-refractivity contribution in [2.24, 2.45) is 11.7 Å². The summed E-state index contributed by atoms with van der Waals surface area (Å²) in [7, 11) is 2.11. The van der Waals surface area contributed by atoms with Crippen molar-refractivity contribution in [2.45, 2.75) is 24.9 Å². The molecule has 0 spiro atoms. The number of hydrogen-bond acceptors (Lipinski definition) is 6. The van der Waals surface area contributed by atoms with Gasteiger partial charge in [-0.05, 0) is 25.8 Å². The molecule has 2 unspecified atom stereocenters. The zero-order valence-corrected chi connectivity index (χ0v) is 10.8. The number of rotatable bonds is 3. The summed E-state index contributed by atoms with van der Waals surface area (Å²) in [5, 5.41) is 4.10. The highest BCUT2D eigenvalue weighted by Gasteiger charge is 2.34. The van der Waals surface area contributed by atoms with Gasteiger partial charge in [-0.3, -0.25) is 4.90 Å². The van der Waals surface area contributed by atoms with Gasteiger partial charge >= 0.3 is 0 Å². The molecule has 1 saturated carbocycles. The molecule has 2 heterocycles. The van der Waals surface area contributed by atoms with Gasteiger partial charge in [0.2, 0.25) is 5.89 Å². The molecule has 94 valence electrons. The minimum atomic E-state index is -0.0576. The third-order valence-corrected chi connectivity index (χ3v) is 4.59. The summed E-state index contributed by atoms with van der Waals surface area (Å²) in [4.78, 5) is 6.77. The zero-order chi connectivity index (χ0) is 11.8. The molecule has 2 fully saturated rings. The smallest absolute Gasteiger partial charge is 0.243 e. The number of hydrogen-bond donors (Lipinski definition) is 1. The molecule has 0 aromatic carbocycles. The Morgan fingerprint density at radius 1 is 1.53 bits per heavy atom. The second kappa shape index (κ2) is 4.59. The minimum absolute atomic E-state index is 0.0576. The Balaban J connectivity index is 1.74. The fraction of sp³-hybridized carbons (Fsp3) is 0.818. The Morgan fingerprint density at radius 2 is 2.35 bits per heavy atom. The molecule has 0 radical (unpaired) electrons. The zero-order valence-electron chi connectivity index (χ0n) is 10.0. The van der Waals surface area contributed by atoms with E-state index in [1.54, 1.807) is 0 Å². The van der Waals surface area contributed by atoms with Crippen molar-refractivity contribution in [1.29, 1.82) is 0 Å². The van der Waals surface area contributed by atoms with Crippen LogP contribution >= 0.6 is 11.8 Å². The standard InChI is InChI=1S/C11H18N4OS/c1-15-4-5-17-6-8(15)10-13-11(16-14-10)9(12)7-2-3-7/h7-9H,2-6,12H2,1H3. The summed E-state index contributed by atoms with van der Waals surface area (Å²) in [6, 6.07) is 0.218. The highest BCUT2D eigenvalue weighted by Crippen LogP contribution is 2.39. The summed E-state index contributed by atoms with van der Waals surface area (Å²) in [6.07, 6.45) is 2.39. The minimum Gasteiger partial charge on any atom is -0.338 e. The first-order valence-electron chi connectivity index (χ1n) is 6.13. The van der Waals surface area contributed by atoms with Gasteiger partial charge in [0, 0.05) is 18.1 Å². The van der Waals surface area contributed by atoms with Crippen LogP contribution in [-0.4, -0.2) is 40.1 Å². The molecule has 3 rings (SSSR count). The number of nitrogens with zero attached hydrogens (tertiary/aromatic N) is 3. The maximum atomic E-state index is 6.06. The molecule has 0 amide bonds. The van der Waals surface area contributed by atoms with Crippen molar-refractivity contribution in [3.8, 4) is 0 Å². The van der Waals surface area contributed by atoms with E-state index in [1.165, 1.54) is 18.6 Å². The van der Waals surface area contributed by atoms with Gasteiger partial charge in [0.25, 0.3) is 0 Å². The van der Waals surface area contributed by atoms with E-state index < -0.39 is 0 Å². The molecule has 2 aliphatic rings. The summed E-state index contributed by atoms with van der Waals surface area (Å²) < 4.78 is 5.31. The third kappa shape index (κ3) is 2.34. The predicted octanol–water partition coefficient (Wildman–Crippen LogP) is 1.20. The van der Waals surface area contributed by atoms with Crippen LogP contribution in [0.4, 0.5) is 0 Å². The molecule has 6 heteroatoms. The van der Waals surface area contributed by atoms with Gasteiger partial charge in [0.05, 0.1) is 12.1 Å². The van der Waals surface area contributed by atoms with E-state index >= 15 is 0 Å². The van der Waals surface area contributed by atoms with Gasteiger partial charge in [-0.1, -0.05) is 5.16 Å². The highest BCUT2D eigenvalue weighted by molar-refractivity contribution is 7.99. The average Bonchev–Trinajstić information content (AvgIpc) is 3.07. The summed E-state index contributed by atoms with van der Waals surface area (Å²) >= 11 is 1.94. The van der Waals surface area contributed by atoms with Gasteiger partial charge in [-0.25, -0.2) is 0 Å². The number of aromatic nitrogens is 2. The summed E-state index contributed by atoms with van der Waals surface area (Å²) in [5.41, 5.74) is 6.06. The van der Waals surface area contributed by atoms with Crippen LogP contribution in [0.15, 0.2) is 4.52 Å². The van der Waals surface area contributed by atoms with Gasteiger partial charge in [0.1, 0.15) is 0 Å². The molecule has 2 N–H and O–H groups in total. The Hall–Kier alpha value is -0.590. The molecule has 0 bridgehead atoms. The Kier molecular flexibility index (Phi) is 3.10. The molecular weight excluding hydrogens is 236 g/mol. The fourth-order valence-electron chi connectivity index (χ4n) is 2.13. The van der Waals surface area contributed by atoms with Crippen molar-refractivity contribution in [3.63, 3.8) is 0 Å². The van der Waals surface area contributed by atoms with Gasteiger partial charge in [-0.2, -0.15) is 16.7 Å². The lowest BCUT2D eigenvalue weighted by Gasteiger charge is -2.29. The van der Waals surface area contributed by atoms with Crippen molar-refractivity contribution >= 4 is 11.8 Å². The topological polar surface area (TPSA) is 68.2 Å². The van der Waals surface area contributed by atoms with E-state index in [-0.39, 0.29) is 12.1 Å². The summed E-state index contributed by atoms with van der Waals surface area (Å²) in [6.45, 7) is 1.08. The lowest BCUT2D eigenvalue weighted by Crippen LogP contribution is -2.33. The van der Waals surface area contributed by atoms with Crippen LogP contribution in [0.3, 0.4) is 0 Å². The first-order valence-corrected chi connectivity index (χ1v) is 7.28. The maximum Gasteiger partial charge on any atom is 0.243 e. The van der Waals surface area contributed by atoms with Crippen LogP contribution in [0.25, 0.3) is 0 Å². The van der Waals surface area contributed by atoms with E-state index in [0.29, 0.717) is 11.8 Å². The van der Waals surface area contributed by atoms with E-state index in [0.717, 1.165) is 18.1 Å². The lowest BCUT2D eigenvalue weighted by atomic mass is 10.2. The third-order valence-electron chi connectivity index (χ3n) is 3.57. The molecule has 1 aromatic rings. The van der Waals surface area contributed by atoms with Crippen LogP contribution in [0.2, 0.25) is 0 Å². The summed E-state index contributed by atoms with van der Waals surface area (Å²) in [5.74, 6) is 4.19. The van der Waals surface area contributed by atoms with E-state index in [2.05, 4.69) is 22.1 Å². The quantitative estimate of drug-likeness (QED) is 0.874. The van der Waals surface area contributed by atoms with E-state index in [4.69, 9.17) is 10.3 Å². The van der Waals surface area contributed by atoms with E-state index in [1.807, 2.05) is 11.8 Å². The van der Waals surface area contributed by atoms with Gasteiger partial charge in [0.15, 0.2) is 5.82 Å². The van der Waals surface area contributed by atoms with Crippen LogP contribution in [0.1, 0.15) is 36.6 Å². The van der Waals surface area contributed by atoms with Crippen LogP contribution in [0, 0.1) is 5.92 Å². The Morgan fingerprint density at radius 3 is 3.06 bits per heavy atom. The second-order valence-corrected chi connectivity index (χ2v) is 6.08. The predicted molar refractivity (Wildman–Crippen MR) is 66.6 cm³/mol. The number of nitrogens with two attached hydrogens (primary N) is 1. The van der Waals surface area contributed by atoms with Gasteiger partial charge in [-0.15, -0.1) is 0 Å². The van der Waals surface area contributed by atoms with Crippen LogP contribution in [0.5, 0.6) is 0 Å². The van der Waals surface area contributed by atoms with Gasteiger partial charge < -0.3 is 10.3 Å². The first-order chi connectivity index (χ1) is 8.25. The molecule has 1 saturated heterocycles. The Labute approximate surface area is 105 Å². The molecule has 1 aromatic heterocycles. The average molecular weight is 254 g/mol. The maximum absolute atomic E-state index is 6.06. The molecule has 1 aliphatic heterocycles. The van der Waals surface area contributed by atoms with E-state index in [9.17, 15) is 0 Å². The van der Waals surface area contributed by atoms with Crippen LogP contribution in [-0.2, 0) is 0 Å². The normalized spacial score (nSPS) is 28.2.